The van der Waals surface area contributed by atoms with Crippen molar-refractivity contribution >= 4 is 29.0 Å². The molecule has 0 radical (unpaired) electrons. The highest BCUT2D eigenvalue weighted by atomic mass is 35.5. The van der Waals surface area contributed by atoms with Crippen molar-refractivity contribution in [2.75, 3.05) is 25.1 Å². The van der Waals surface area contributed by atoms with Crippen molar-refractivity contribution in [3.63, 3.8) is 0 Å². The van der Waals surface area contributed by atoms with Crippen LogP contribution in [0, 0.1) is 18.3 Å². The quantitative estimate of drug-likeness (QED) is 0.358. The monoisotopic (exact) mass is 463 g/mol. The summed E-state index contributed by atoms with van der Waals surface area (Å²) in [5, 5.41) is 12.7. The van der Waals surface area contributed by atoms with Gasteiger partial charge in [0, 0.05) is 11.3 Å². The van der Waals surface area contributed by atoms with Gasteiger partial charge in [-0.2, -0.15) is 5.26 Å². The van der Waals surface area contributed by atoms with Crippen molar-refractivity contribution in [1.82, 2.24) is 4.98 Å². The number of aryl methyl sites for hydroxylation is 1. The number of carbonyl (C=O) groups is 2. The summed E-state index contributed by atoms with van der Waals surface area (Å²) in [5.41, 5.74) is 2.98. The van der Waals surface area contributed by atoms with Gasteiger partial charge in [0.2, 0.25) is 11.7 Å². The van der Waals surface area contributed by atoms with Crippen LogP contribution in [0.5, 0.6) is 5.88 Å². The van der Waals surface area contributed by atoms with Gasteiger partial charge in [-0.3, -0.25) is 9.59 Å². The Labute approximate surface area is 196 Å². The lowest BCUT2D eigenvalue weighted by Gasteiger charge is -2.14. The summed E-state index contributed by atoms with van der Waals surface area (Å²) in [4.78, 5) is 29.1. The molecule has 0 amide bonds. The number of aromatic nitrogens is 1. The van der Waals surface area contributed by atoms with E-state index in [-0.39, 0.29) is 35.2 Å². The summed E-state index contributed by atoms with van der Waals surface area (Å²) in [7, 11) is 0. The maximum atomic E-state index is 13.0. The summed E-state index contributed by atoms with van der Waals surface area (Å²) < 4.78 is 10.6. The number of hydrogen-bond donors (Lipinski definition) is 1. The second kappa shape index (κ2) is 11.1. The van der Waals surface area contributed by atoms with Gasteiger partial charge >= 0.3 is 5.97 Å². The number of pyridine rings is 1. The SMILES string of the molecule is CCOC(=O)CNc1cccc(Cl)c1C(=O)COc1nc(-c2ccccc2)cc(C)c1C#N. The smallest absolute Gasteiger partial charge is 0.325 e. The molecule has 1 heterocycles. The Morgan fingerprint density at radius 2 is 1.91 bits per heavy atom. The number of halogens is 1. The van der Waals surface area contributed by atoms with Gasteiger partial charge in [-0.15, -0.1) is 0 Å². The number of Topliss-reactive ketones (excluding diaryl/α,β-unsaturated/α-hetero) is 1. The van der Waals surface area contributed by atoms with Gasteiger partial charge in [-0.25, -0.2) is 4.98 Å². The van der Waals surface area contributed by atoms with E-state index in [2.05, 4.69) is 16.4 Å². The fourth-order valence-corrected chi connectivity index (χ4v) is 3.46. The third-order valence-electron chi connectivity index (χ3n) is 4.73. The van der Waals surface area contributed by atoms with Crippen molar-refractivity contribution in [1.29, 1.82) is 5.26 Å². The topological polar surface area (TPSA) is 101 Å². The maximum absolute atomic E-state index is 13.0. The number of carbonyl (C=O) groups excluding carboxylic acids is 2. The predicted octanol–water partition coefficient (Wildman–Crippen LogP) is 4.82. The van der Waals surface area contributed by atoms with Crippen molar-refractivity contribution in [2.45, 2.75) is 13.8 Å². The molecule has 0 spiro atoms. The highest BCUT2D eigenvalue weighted by Crippen LogP contribution is 2.28. The lowest BCUT2D eigenvalue weighted by molar-refractivity contribution is -0.140. The number of ether oxygens (including phenoxy) is 2. The van der Waals surface area contributed by atoms with Crippen LogP contribution in [0.1, 0.15) is 28.4 Å². The standard InChI is InChI=1S/C25H22ClN3O4/c1-3-32-23(31)14-28-20-11-7-10-19(26)24(20)22(30)15-33-25-18(13-27)16(2)12-21(29-25)17-8-5-4-6-9-17/h4-12,28H,3,14-15H2,1-2H3. The van der Waals surface area contributed by atoms with E-state index >= 15 is 0 Å². The lowest BCUT2D eigenvalue weighted by atomic mass is 10.1. The number of nitrogens with zero attached hydrogens (tertiary/aromatic N) is 2. The third-order valence-corrected chi connectivity index (χ3v) is 5.04. The lowest BCUT2D eigenvalue weighted by Crippen LogP contribution is -2.20. The Hall–Kier alpha value is -3.89. The highest BCUT2D eigenvalue weighted by Gasteiger charge is 2.19. The molecule has 0 unspecified atom stereocenters. The van der Waals surface area contributed by atoms with Crippen LogP contribution >= 0.6 is 11.6 Å². The second-order valence-corrected chi connectivity index (χ2v) is 7.42. The van der Waals surface area contributed by atoms with Gasteiger partial charge in [0.15, 0.2) is 6.61 Å². The van der Waals surface area contributed by atoms with Crippen LogP contribution in [-0.2, 0) is 9.53 Å². The molecule has 33 heavy (non-hydrogen) atoms. The Kier molecular flexibility index (Phi) is 8.01. The molecule has 0 aliphatic rings. The molecule has 0 bridgehead atoms. The first-order chi connectivity index (χ1) is 15.9. The number of hydrogen-bond acceptors (Lipinski definition) is 7. The first-order valence-electron chi connectivity index (χ1n) is 10.3. The summed E-state index contributed by atoms with van der Waals surface area (Å²) in [6, 6.07) is 18.2. The van der Waals surface area contributed by atoms with Crippen molar-refractivity contribution in [3.05, 3.63) is 76.3 Å². The summed E-state index contributed by atoms with van der Waals surface area (Å²) in [5.74, 6) is -0.818. The van der Waals surface area contributed by atoms with Crippen LogP contribution < -0.4 is 10.1 Å². The molecule has 1 aromatic heterocycles. The molecule has 168 valence electrons. The molecule has 0 saturated carbocycles. The Bertz CT molecular complexity index is 1210. The average molecular weight is 464 g/mol. The zero-order valence-corrected chi connectivity index (χ0v) is 19.0. The number of esters is 1. The molecule has 3 aromatic rings. The summed E-state index contributed by atoms with van der Waals surface area (Å²) in [6.45, 7) is 3.24. The second-order valence-electron chi connectivity index (χ2n) is 7.02. The van der Waals surface area contributed by atoms with E-state index in [4.69, 9.17) is 21.1 Å². The molecular formula is C25H22ClN3O4. The highest BCUT2D eigenvalue weighted by molar-refractivity contribution is 6.34. The van der Waals surface area contributed by atoms with E-state index in [0.29, 0.717) is 16.9 Å². The van der Waals surface area contributed by atoms with E-state index < -0.39 is 18.4 Å². The largest absolute Gasteiger partial charge is 0.468 e. The molecule has 7 nitrogen and oxygen atoms in total. The van der Waals surface area contributed by atoms with Gasteiger partial charge < -0.3 is 14.8 Å². The molecule has 2 aromatic carbocycles. The van der Waals surface area contributed by atoms with E-state index in [9.17, 15) is 14.9 Å². The van der Waals surface area contributed by atoms with E-state index in [1.165, 1.54) is 0 Å². The van der Waals surface area contributed by atoms with Crippen LogP contribution in [0.4, 0.5) is 5.69 Å². The van der Waals surface area contributed by atoms with Crippen LogP contribution in [0.15, 0.2) is 54.6 Å². The first kappa shape index (κ1) is 23.8. The zero-order chi connectivity index (χ0) is 23.8. The molecule has 0 saturated heterocycles. The van der Waals surface area contributed by atoms with Crippen LogP contribution in [-0.4, -0.2) is 36.5 Å². The predicted molar refractivity (Wildman–Crippen MR) is 126 cm³/mol. The molecule has 0 aliphatic heterocycles. The number of anilines is 1. The minimum Gasteiger partial charge on any atom is -0.468 e. The molecule has 3 rings (SSSR count). The van der Waals surface area contributed by atoms with E-state index in [1.54, 1.807) is 38.1 Å². The van der Waals surface area contributed by atoms with Crippen LogP contribution in [0.25, 0.3) is 11.3 Å². The summed E-state index contributed by atoms with van der Waals surface area (Å²) in [6.07, 6.45) is 0. The van der Waals surface area contributed by atoms with Crippen LogP contribution in [0.2, 0.25) is 5.02 Å². The van der Waals surface area contributed by atoms with E-state index in [1.807, 2.05) is 30.3 Å². The molecule has 0 fully saturated rings. The summed E-state index contributed by atoms with van der Waals surface area (Å²) >= 11 is 6.27. The normalized spacial score (nSPS) is 10.2. The Morgan fingerprint density at radius 3 is 2.61 bits per heavy atom. The van der Waals surface area contributed by atoms with Gasteiger partial charge in [-0.1, -0.05) is 48.0 Å². The number of ketones is 1. The fourth-order valence-electron chi connectivity index (χ4n) is 3.18. The number of rotatable bonds is 9. The molecular weight excluding hydrogens is 442 g/mol. The van der Waals surface area contributed by atoms with E-state index in [0.717, 1.165) is 5.56 Å². The zero-order valence-electron chi connectivity index (χ0n) is 18.2. The number of benzene rings is 2. The van der Waals surface area contributed by atoms with Crippen molar-refractivity contribution in [2.24, 2.45) is 0 Å². The Balaban J connectivity index is 1.83. The van der Waals surface area contributed by atoms with Gasteiger partial charge in [0.05, 0.1) is 22.9 Å². The third kappa shape index (κ3) is 5.88. The average Bonchev–Trinajstić information content (AvgIpc) is 2.81. The van der Waals surface area contributed by atoms with Crippen molar-refractivity contribution in [3.8, 4) is 23.2 Å². The minimum absolute atomic E-state index is 0.0674. The Morgan fingerprint density at radius 1 is 1.15 bits per heavy atom. The first-order valence-corrected chi connectivity index (χ1v) is 10.6. The number of nitriles is 1. The molecule has 1 N–H and O–H groups in total. The van der Waals surface area contributed by atoms with Gasteiger partial charge in [0.1, 0.15) is 18.2 Å². The van der Waals surface area contributed by atoms with Gasteiger partial charge in [0.25, 0.3) is 0 Å². The van der Waals surface area contributed by atoms with Crippen molar-refractivity contribution < 1.29 is 19.1 Å². The van der Waals surface area contributed by atoms with Crippen LogP contribution in [0.3, 0.4) is 0 Å². The maximum Gasteiger partial charge on any atom is 0.325 e. The molecule has 8 heteroatoms. The molecule has 0 aliphatic carbocycles. The fraction of sp³-hybridized carbons (Fsp3) is 0.200. The minimum atomic E-state index is -0.455. The molecule has 0 atom stereocenters. The van der Waals surface area contributed by atoms with Gasteiger partial charge in [-0.05, 0) is 37.6 Å². The number of nitrogens with one attached hydrogen (secondary N) is 1.